The van der Waals surface area contributed by atoms with Gasteiger partial charge in [0.1, 0.15) is 5.82 Å². The van der Waals surface area contributed by atoms with E-state index in [4.69, 9.17) is 10.8 Å². The molecule has 1 aromatic heterocycles. The fraction of sp³-hybridized carbons (Fsp3) is 0.375. The topological polar surface area (TPSA) is 59.1 Å². The Morgan fingerprint density at radius 2 is 2.14 bits per heavy atom. The van der Waals surface area contributed by atoms with Crippen LogP contribution in [0.3, 0.4) is 0 Å². The number of aromatic nitrogens is 1. The maximum atomic E-state index is 12.0. The smallest absolute Gasteiger partial charge is 0.383 e. The first kappa shape index (κ1) is 10.8. The lowest BCUT2D eigenvalue weighted by Gasteiger charge is -2.14. The Hall–Kier alpha value is -1.30. The second-order valence-corrected chi connectivity index (χ2v) is 2.81. The zero-order valence-corrected chi connectivity index (χ0v) is 7.12. The number of nitrogen functional groups attached to an aromatic ring is 1. The van der Waals surface area contributed by atoms with Crippen LogP contribution in [0.5, 0.6) is 0 Å². The van der Waals surface area contributed by atoms with Gasteiger partial charge in [0.15, 0.2) is 6.10 Å². The molecule has 0 radical (unpaired) electrons. The van der Waals surface area contributed by atoms with Gasteiger partial charge in [0.2, 0.25) is 0 Å². The van der Waals surface area contributed by atoms with Gasteiger partial charge < -0.3 is 10.8 Å². The summed E-state index contributed by atoms with van der Waals surface area (Å²) in [6.45, 7) is 0. The molecule has 0 saturated heterocycles. The van der Waals surface area contributed by atoms with Crippen molar-refractivity contribution in [1.82, 2.24) is 4.98 Å². The van der Waals surface area contributed by atoms with E-state index in [2.05, 4.69) is 4.98 Å². The molecule has 3 nitrogen and oxygen atoms in total. The van der Waals surface area contributed by atoms with E-state index in [1.165, 1.54) is 18.3 Å². The summed E-state index contributed by atoms with van der Waals surface area (Å²) in [4.78, 5) is 3.61. The van der Waals surface area contributed by atoms with Crippen LogP contribution in [-0.2, 0) is 6.42 Å². The molecule has 0 fully saturated rings. The molecule has 0 amide bonds. The van der Waals surface area contributed by atoms with E-state index in [-0.39, 0.29) is 11.4 Å². The number of anilines is 1. The number of aliphatic hydroxyl groups excluding tert-OH is 1. The van der Waals surface area contributed by atoms with Gasteiger partial charge in [-0.25, -0.2) is 4.98 Å². The third-order valence-corrected chi connectivity index (χ3v) is 1.72. The summed E-state index contributed by atoms with van der Waals surface area (Å²) in [6.07, 6.45) is -6.21. The molecule has 0 unspecified atom stereocenters. The highest BCUT2D eigenvalue weighted by Gasteiger charge is 2.38. The van der Waals surface area contributed by atoms with Gasteiger partial charge in [0, 0.05) is 12.6 Å². The average Bonchev–Trinajstić information content (AvgIpc) is 2.07. The lowest BCUT2D eigenvalue weighted by atomic mass is 10.1. The molecule has 0 aliphatic carbocycles. The zero-order chi connectivity index (χ0) is 10.8. The first-order valence-corrected chi connectivity index (χ1v) is 3.85. The fourth-order valence-corrected chi connectivity index (χ4v) is 0.947. The van der Waals surface area contributed by atoms with Gasteiger partial charge in [-0.2, -0.15) is 13.2 Å². The summed E-state index contributed by atoms with van der Waals surface area (Å²) >= 11 is 0. The molecule has 1 heterocycles. The van der Waals surface area contributed by atoms with Crippen LogP contribution < -0.4 is 5.73 Å². The van der Waals surface area contributed by atoms with Crippen molar-refractivity contribution >= 4 is 5.82 Å². The highest BCUT2D eigenvalue weighted by Crippen LogP contribution is 2.23. The number of aliphatic hydroxyl groups is 1. The van der Waals surface area contributed by atoms with E-state index >= 15 is 0 Å². The van der Waals surface area contributed by atoms with Crippen molar-refractivity contribution in [2.45, 2.75) is 18.7 Å². The SMILES string of the molecule is Nc1ncccc1C[C@H](O)C(F)(F)F. The van der Waals surface area contributed by atoms with Gasteiger partial charge in [-0.3, -0.25) is 0 Å². The largest absolute Gasteiger partial charge is 0.414 e. The Labute approximate surface area is 78.4 Å². The van der Waals surface area contributed by atoms with Gasteiger partial charge in [-0.1, -0.05) is 6.07 Å². The number of halogens is 3. The Bertz CT molecular complexity index is 314. The van der Waals surface area contributed by atoms with E-state index in [1.807, 2.05) is 0 Å². The Balaban J connectivity index is 2.75. The molecule has 1 atom stereocenters. The molecule has 0 aromatic carbocycles. The highest BCUT2D eigenvalue weighted by atomic mass is 19.4. The summed E-state index contributed by atoms with van der Waals surface area (Å²) in [7, 11) is 0. The molecule has 0 spiro atoms. The minimum absolute atomic E-state index is 0.0100. The third-order valence-electron chi connectivity index (χ3n) is 1.72. The van der Waals surface area contributed by atoms with Crippen LogP contribution in [-0.4, -0.2) is 22.4 Å². The van der Waals surface area contributed by atoms with E-state index < -0.39 is 18.7 Å². The number of hydrogen-bond acceptors (Lipinski definition) is 3. The van der Waals surface area contributed by atoms with E-state index in [0.29, 0.717) is 0 Å². The maximum absolute atomic E-state index is 12.0. The lowest BCUT2D eigenvalue weighted by Crippen LogP contribution is -2.30. The van der Waals surface area contributed by atoms with Gasteiger partial charge >= 0.3 is 6.18 Å². The summed E-state index contributed by atoms with van der Waals surface area (Å²) in [6, 6.07) is 2.87. The summed E-state index contributed by atoms with van der Waals surface area (Å²) < 4.78 is 35.9. The predicted molar refractivity (Wildman–Crippen MR) is 44.4 cm³/mol. The molecule has 0 saturated carbocycles. The van der Waals surface area contributed by atoms with Crippen molar-refractivity contribution in [2.24, 2.45) is 0 Å². The minimum atomic E-state index is -4.62. The van der Waals surface area contributed by atoms with Crippen LogP contribution in [0.15, 0.2) is 18.3 Å². The minimum Gasteiger partial charge on any atom is -0.383 e. The molecule has 3 N–H and O–H groups in total. The number of nitrogens with two attached hydrogens (primary N) is 1. The van der Waals surface area contributed by atoms with Crippen molar-refractivity contribution in [2.75, 3.05) is 5.73 Å². The number of pyridine rings is 1. The third kappa shape index (κ3) is 2.59. The highest BCUT2D eigenvalue weighted by molar-refractivity contribution is 5.38. The normalized spacial score (nSPS) is 14.0. The predicted octanol–water partition coefficient (Wildman–Crippen LogP) is 1.13. The van der Waals surface area contributed by atoms with Crippen LogP contribution >= 0.6 is 0 Å². The fourth-order valence-electron chi connectivity index (χ4n) is 0.947. The summed E-state index contributed by atoms with van der Waals surface area (Å²) in [5.41, 5.74) is 5.51. The molecular formula is C8H9F3N2O. The van der Waals surface area contributed by atoms with Crippen molar-refractivity contribution in [3.8, 4) is 0 Å². The van der Waals surface area contributed by atoms with Crippen molar-refractivity contribution in [1.29, 1.82) is 0 Å². The second kappa shape index (κ2) is 3.83. The summed E-state index contributed by atoms with van der Waals surface area (Å²) in [5, 5.41) is 8.76. The van der Waals surface area contributed by atoms with Crippen molar-refractivity contribution in [3.05, 3.63) is 23.9 Å². The van der Waals surface area contributed by atoms with E-state index in [0.717, 1.165) is 0 Å². The number of hydrogen-bond donors (Lipinski definition) is 2. The molecule has 14 heavy (non-hydrogen) atoms. The van der Waals surface area contributed by atoms with Crippen LogP contribution in [0.2, 0.25) is 0 Å². The van der Waals surface area contributed by atoms with E-state index in [1.54, 1.807) is 0 Å². The molecule has 6 heteroatoms. The van der Waals surface area contributed by atoms with Gasteiger partial charge in [0.25, 0.3) is 0 Å². The maximum Gasteiger partial charge on any atom is 0.414 e. The first-order chi connectivity index (χ1) is 6.41. The molecule has 0 aliphatic rings. The monoisotopic (exact) mass is 206 g/mol. The molecule has 1 aromatic rings. The number of nitrogens with zero attached hydrogens (tertiary/aromatic N) is 1. The standard InChI is InChI=1S/C8H9F3N2O/c9-8(10,11)6(14)4-5-2-1-3-13-7(5)12/h1-3,6,14H,4H2,(H2,12,13)/t6-/m0/s1. The van der Waals surface area contributed by atoms with Crippen molar-refractivity contribution in [3.63, 3.8) is 0 Å². The Morgan fingerprint density at radius 1 is 1.50 bits per heavy atom. The second-order valence-electron chi connectivity index (χ2n) is 2.81. The van der Waals surface area contributed by atoms with Gasteiger partial charge in [0.05, 0.1) is 0 Å². The molecule has 1 rings (SSSR count). The van der Waals surface area contributed by atoms with Gasteiger partial charge in [-0.05, 0) is 11.6 Å². The van der Waals surface area contributed by atoms with E-state index in [9.17, 15) is 13.2 Å². The molecular weight excluding hydrogens is 197 g/mol. The lowest BCUT2D eigenvalue weighted by molar-refractivity contribution is -0.203. The average molecular weight is 206 g/mol. The Morgan fingerprint density at radius 3 is 2.64 bits per heavy atom. The quantitative estimate of drug-likeness (QED) is 0.762. The zero-order valence-electron chi connectivity index (χ0n) is 7.12. The van der Waals surface area contributed by atoms with Crippen LogP contribution in [0, 0.1) is 0 Å². The van der Waals surface area contributed by atoms with Crippen LogP contribution in [0.25, 0.3) is 0 Å². The Kier molecular flexibility index (Phi) is 2.95. The van der Waals surface area contributed by atoms with Gasteiger partial charge in [-0.15, -0.1) is 0 Å². The van der Waals surface area contributed by atoms with Crippen LogP contribution in [0.1, 0.15) is 5.56 Å². The first-order valence-electron chi connectivity index (χ1n) is 3.85. The van der Waals surface area contributed by atoms with Crippen LogP contribution in [0.4, 0.5) is 19.0 Å². The summed E-state index contributed by atoms with van der Waals surface area (Å²) in [5.74, 6) is 0.0100. The number of rotatable bonds is 2. The molecule has 78 valence electrons. The molecule has 0 aliphatic heterocycles. The van der Waals surface area contributed by atoms with Crippen molar-refractivity contribution < 1.29 is 18.3 Å². The number of alkyl halides is 3. The molecule has 0 bridgehead atoms.